The maximum Gasteiger partial charge on any atom is 0.282 e. The van der Waals surface area contributed by atoms with Crippen molar-refractivity contribution in [3.8, 4) is 0 Å². The maximum atomic E-state index is 13.0. The Bertz CT molecular complexity index is 962. The van der Waals surface area contributed by atoms with Gasteiger partial charge in [-0.1, -0.05) is 0 Å². The summed E-state index contributed by atoms with van der Waals surface area (Å²) in [6.07, 6.45) is -0.378. The maximum absolute atomic E-state index is 13.0. The van der Waals surface area contributed by atoms with E-state index >= 15 is 0 Å². The lowest BCUT2D eigenvalue weighted by atomic mass is 10.3. The summed E-state index contributed by atoms with van der Waals surface area (Å²) in [5, 5.41) is 2.59. The molecule has 12 heteroatoms. The van der Waals surface area contributed by atoms with Crippen LogP contribution in [0.5, 0.6) is 0 Å². The average Bonchev–Trinajstić information content (AvgIpc) is 2.67. The highest BCUT2D eigenvalue weighted by atomic mass is 32.2. The van der Waals surface area contributed by atoms with Gasteiger partial charge in [0.2, 0.25) is 15.9 Å². The number of ether oxygens (including phenoxy) is 1. The van der Waals surface area contributed by atoms with Crippen LogP contribution in [0, 0.1) is 0 Å². The summed E-state index contributed by atoms with van der Waals surface area (Å²) in [6, 6.07) is 5.91. The molecule has 2 heterocycles. The van der Waals surface area contributed by atoms with E-state index in [0.29, 0.717) is 5.69 Å². The standard InChI is InChI=1S/C18H28N4O6S2/c1-14-12-22(13-15(2)28-14)30(26,27)21-10-8-20(9-11-21)29(24,25)18-6-4-17(5-7-18)19-16(3)23/h4-7,14-15H,8-13H2,1-3H3,(H,19,23). The Hall–Kier alpha value is -1.57. The Morgan fingerprint density at radius 2 is 1.40 bits per heavy atom. The van der Waals surface area contributed by atoms with Crippen LogP contribution >= 0.6 is 0 Å². The molecule has 2 aliphatic heterocycles. The van der Waals surface area contributed by atoms with Crippen LogP contribution in [-0.4, -0.2) is 87.1 Å². The Morgan fingerprint density at radius 3 is 1.90 bits per heavy atom. The van der Waals surface area contributed by atoms with E-state index in [-0.39, 0.29) is 62.3 Å². The summed E-state index contributed by atoms with van der Waals surface area (Å²) < 4.78 is 61.4. The van der Waals surface area contributed by atoms with Gasteiger partial charge in [-0.25, -0.2) is 8.42 Å². The first-order chi connectivity index (χ1) is 14.0. The molecule has 0 aliphatic carbocycles. The first-order valence-electron chi connectivity index (χ1n) is 9.78. The molecule has 2 saturated heterocycles. The van der Waals surface area contributed by atoms with Crippen molar-refractivity contribution in [1.29, 1.82) is 0 Å². The van der Waals surface area contributed by atoms with E-state index in [1.165, 1.54) is 44.1 Å². The van der Waals surface area contributed by atoms with E-state index in [4.69, 9.17) is 4.74 Å². The molecule has 1 aromatic rings. The van der Waals surface area contributed by atoms with Crippen LogP contribution in [0.2, 0.25) is 0 Å². The van der Waals surface area contributed by atoms with Gasteiger partial charge in [-0.3, -0.25) is 4.79 Å². The molecule has 0 spiro atoms. The number of piperazine rings is 1. The quantitative estimate of drug-likeness (QED) is 0.676. The highest BCUT2D eigenvalue weighted by Gasteiger charge is 2.38. The number of carbonyl (C=O) groups excluding carboxylic acids is 1. The molecular weight excluding hydrogens is 432 g/mol. The van der Waals surface area contributed by atoms with Crippen LogP contribution < -0.4 is 5.32 Å². The molecule has 168 valence electrons. The zero-order chi connectivity index (χ0) is 22.1. The number of morpholine rings is 1. The fourth-order valence-electron chi connectivity index (χ4n) is 3.69. The molecule has 0 aromatic heterocycles. The lowest BCUT2D eigenvalue weighted by Crippen LogP contribution is -2.57. The first kappa shape index (κ1) is 23.1. The molecule has 2 atom stereocenters. The van der Waals surface area contributed by atoms with Crippen molar-refractivity contribution in [3.05, 3.63) is 24.3 Å². The lowest BCUT2D eigenvalue weighted by molar-refractivity contribution is -0.114. The Kier molecular flexibility index (Phi) is 6.84. The number of amides is 1. The van der Waals surface area contributed by atoms with Crippen molar-refractivity contribution >= 4 is 31.8 Å². The lowest BCUT2D eigenvalue weighted by Gasteiger charge is -2.39. The van der Waals surface area contributed by atoms with Crippen LogP contribution in [0.4, 0.5) is 5.69 Å². The number of nitrogens with one attached hydrogen (secondary N) is 1. The number of anilines is 1. The largest absolute Gasteiger partial charge is 0.373 e. The normalized spacial score (nSPS) is 25.2. The Morgan fingerprint density at radius 1 is 0.900 bits per heavy atom. The number of sulfonamides is 1. The average molecular weight is 461 g/mol. The molecule has 10 nitrogen and oxygen atoms in total. The van der Waals surface area contributed by atoms with E-state index in [9.17, 15) is 21.6 Å². The van der Waals surface area contributed by atoms with Gasteiger partial charge in [-0.05, 0) is 38.1 Å². The van der Waals surface area contributed by atoms with Crippen molar-refractivity contribution in [2.45, 2.75) is 37.9 Å². The number of hydrogen-bond donors (Lipinski definition) is 1. The van der Waals surface area contributed by atoms with Crippen LogP contribution in [0.1, 0.15) is 20.8 Å². The molecule has 2 aliphatic rings. The Labute approximate surface area is 178 Å². The third-order valence-corrected chi connectivity index (χ3v) is 8.93. The van der Waals surface area contributed by atoms with Gasteiger partial charge < -0.3 is 10.1 Å². The summed E-state index contributed by atoms with van der Waals surface area (Å²) >= 11 is 0. The topological polar surface area (TPSA) is 116 Å². The fraction of sp³-hybridized carbons (Fsp3) is 0.611. The second kappa shape index (κ2) is 8.89. The summed E-state index contributed by atoms with van der Waals surface area (Å²) in [7, 11) is -7.43. The van der Waals surface area contributed by atoms with E-state index in [0.717, 1.165) is 0 Å². The smallest absolute Gasteiger partial charge is 0.282 e. The number of hydrogen-bond acceptors (Lipinski definition) is 6. The number of benzene rings is 1. The number of rotatable bonds is 5. The van der Waals surface area contributed by atoms with Gasteiger partial charge in [-0.2, -0.15) is 21.3 Å². The molecule has 0 radical (unpaired) electrons. The molecular formula is C18H28N4O6S2. The molecule has 1 amide bonds. The van der Waals surface area contributed by atoms with Crippen LogP contribution in [-0.2, 0) is 29.8 Å². The molecule has 30 heavy (non-hydrogen) atoms. The van der Waals surface area contributed by atoms with Crippen molar-refractivity contribution in [2.24, 2.45) is 0 Å². The third-order valence-electron chi connectivity index (χ3n) is 5.05. The second-order valence-corrected chi connectivity index (χ2v) is 11.5. The van der Waals surface area contributed by atoms with E-state index < -0.39 is 20.2 Å². The number of carbonyl (C=O) groups is 1. The molecule has 1 N–H and O–H groups in total. The summed E-state index contributed by atoms with van der Waals surface area (Å²) in [4.78, 5) is 11.2. The molecule has 2 fully saturated rings. The fourth-order valence-corrected chi connectivity index (χ4v) is 6.86. The van der Waals surface area contributed by atoms with Crippen LogP contribution in [0.25, 0.3) is 0 Å². The highest BCUT2D eigenvalue weighted by Crippen LogP contribution is 2.23. The summed E-state index contributed by atoms with van der Waals surface area (Å²) in [5.74, 6) is -0.244. The van der Waals surface area contributed by atoms with Gasteiger partial charge in [0.25, 0.3) is 10.2 Å². The van der Waals surface area contributed by atoms with Crippen molar-refractivity contribution in [1.82, 2.24) is 12.9 Å². The van der Waals surface area contributed by atoms with E-state index in [2.05, 4.69) is 5.32 Å². The summed E-state index contributed by atoms with van der Waals surface area (Å²) in [5.41, 5.74) is 0.506. The molecule has 0 saturated carbocycles. The monoisotopic (exact) mass is 460 g/mol. The first-order valence-corrected chi connectivity index (χ1v) is 12.6. The molecule has 2 unspecified atom stereocenters. The van der Waals surface area contributed by atoms with Gasteiger partial charge in [0.1, 0.15) is 0 Å². The zero-order valence-electron chi connectivity index (χ0n) is 17.3. The third kappa shape index (κ3) is 5.01. The predicted molar refractivity (Wildman–Crippen MR) is 112 cm³/mol. The predicted octanol–water partition coefficient (Wildman–Crippen LogP) is 0.305. The zero-order valence-corrected chi connectivity index (χ0v) is 18.9. The van der Waals surface area contributed by atoms with Crippen LogP contribution in [0.15, 0.2) is 29.2 Å². The SMILES string of the molecule is CC(=O)Nc1ccc(S(=O)(=O)N2CCN(S(=O)(=O)N3CC(C)OC(C)C3)CC2)cc1. The summed E-state index contributed by atoms with van der Waals surface area (Å²) in [6.45, 7) is 5.93. The van der Waals surface area contributed by atoms with Gasteiger partial charge in [0.05, 0.1) is 17.1 Å². The van der Waals surface area contributed by atoms with Crippen molar-refractivity contribution in [3.63, 3.8) is 0 Å². The molecule has 1 aromatic carbocycles. The van der Waals surface area contributed by atoms with Crippen molar-refractivity contribution in [2.75, 3.05) is 44.6 Å². The van der Waals surface area contributed by atoms with E-state index in [1.54, 1.807) is 0 Å². The van der Waals surface area contributed by atoms with Gasteiger partial charge in [-0.15, -0.1) is 0 Å². The minimum absolute atomic E-state index is 0.0739. The van der Waals surface area contributed by atoms with Crippen LogP contribution in [0.3, 0.4) is 0 Å². The number of nitrogens with zero attached hydrogens (tertiary/aromatic N) is 3. The minimum Gasteiger partial charge on any atom is -0.373 e. The Balaban J connectivity index is 1.66. The molecule has 3 rings (SSSR count). The highest BCUT2D eigenvalue weighted by molar-refractivity contribution is 7.89. The minimum atomic E-state index is -3.75. The van der Waals surface area contributed by atoms with Crippen molar-refractivity contribution < 1.29 is 26.4 Å². The van der Waals surface area contributed by atoms with E-state index in [1.807, 2.05) is 13.8 Å². The second-order valence-electron chi connectivity index (χ2n) is 7.59. The van der Waals surface area contributed by atoms with Gasteiger partial charge in [0, 0.05) is 51.9 Å². The molecule has 0 bridgehead atoms. The van der Waals surface area contributed by atoms with Gasteiger partial charge >= 0.3 is 0 Å². The van der Waals surface area contributed by atoms with Gasteiger partial charge in [0.15, 0.2) is 0 Å².